The fourth-order valence-corrected chi connectivity index (χ4v) is 7.21. The molecule has 11 atom stereocenters. The van der Waals surface area contributed by atoms with Crippen LogP contribution in [-0.2, 0) is 30.2 Å². The molecule has 6 N–H and O–H groups in total. The van der Waals surface area contributed by atoms with Gasteiger partial charge in [0.1, 0.15) is 35.6 Å². The Bertz CT molecular complexity index is 1210. The van der Waals surface area contributed by atoms with Crippen molar-refractivity contribution in [1.82, 2.24) is 4.98 Å². The summed E-state index contributed by atoms with van der Waals surface area (Å²) in [7, 11) is 0. The molecule has 4 bridgehead atoms. The van der Waals surface area contributed by atoms with Crippen molar-refractivity contribution in [2.45, 2.75) is 80.9 Å². The standard InChI is InChI=1S/C26H33NO12/c1-11-6-7-13-12(5-4-8-27-13)22(35)37-10-23(2)14-15(29)18(32)25(9-28)19(33)16(30)20(38-21(11)34)24(3,36)26(25,39-23)17(14)31/h4-5,8,11,14,16-20,28,30-33,36H,6-7,9-10H2,1-3H3/t11?,14-,16-,17-,18-,19+,20+,23+,24+,25-,26+/m1/s1. The molecule has 1 spiro atoms. The van der Waals surface area contributed by atoms with Gasteiger partial charge >= 0.3 is 11.9 Å². The van der Waals surface area contributed by atoms with E-state index in [0.717, 1.165) is 6.92 Å². The average Bonchev–Trinajstić information content (AvgIpc) is 3.11. The molecule has 1 saturated heterocycles. The van der Waals surface area contributed by atoms with Gasteiger partial charge in [0.15, 0.2) is 11.9 Å². The minimum Gasteiger partial charge on any atom is -0.459 e. The van der Waals surface area contributed by atoms with Crippen molar-refractivity contribution >= 4 is 17.7 Å². The molecule has 39 heavy (non-hydrogen) atoms. The second kappa shape index (κ2) is 8.99. The van der Waals surface area contributed by atoms with Gasteiger partial charge < -0.3 is 44.8 Å². The summed E-state index contributed by atoms with van der Waals surface area (Å²) in [4.78, 5) is 44.0. The van der Waals surface area contributed by atoms with Crippen molar-refractivity contribution in [1.29, 1.82) is 0 Å². The maximum absolute atomic E-state index is 13.5. The second-order valence-electron chi connectivity index (χ2n) is 11.5. The van der Waals surface area contributed by atoms with Gasteiger partial charge in [-0.3, -0.25) is 14.6 Å². The van der Waals surface area contributed by atoms with Crippen LogP contribution in [0.25, 0.3) is 0 Å². The fraction of sp³-hybridized carbons (Fsp3) is 0.692. The predicted molar refractivity (Wildman–Crippen MR) is 127 cm³/mol. The molecule has 5 rings (SSSR count). The van der Waals surface area contributed by atoms with Crippen LogP contribution in [0.15, 0.2) is 18.3 Å². The van der Waals surface area contributed by atoms with Gasteiger partial charge in [-0.15, -0.1) is 0 Å². The molecule has 3 fully saturated rings. The predicted octanol–water partition coefficient (Wildman–Crippen LogP) is -2.35. The molecule has 214 valence electrons. The summed E-state index contributed by atoms with van der Waals surface area (Å²) < 4.78 is 17.3. The van der Waals surface area contributed by atoms with E-state index in [2.05, 4.69) is 4.98 Å². The van der Waals surface area contributed by atoms with Crippen molar-refractivity contribution in [3.63, 3.8) is 0 Å². The summed E-state index contributed by atoms with van der Waals surface area (Å²) in [5, 5.41) is 67.8. The zero-order chi connectivity index (χ0) is 28.7. The number of aliphatic hydroxyl groups excluding tert-OH is 5. The SMILES string of the molecule is CC1CCc2ncccc2C(=O)OC[C@]2(C)O[C@]34[C@H](O)[C@H]2C(=O)[C@@H](O)[C@]3(CO)[C@@H](O)[C@@H](O)[C@H](OC1=O)[C@]4(C)O. The highest BCUT2D eigenvalue weighted by atomic mass is 16.6. The maximum Gasteiger partial charge on any atom is 0.340 e. The number of Topliss-reactive ketones (excluding diaryl/α,β-unsaturated/α-hetero) is 1. The number of nitrogens with zero attached hydrogens (tertiary/aromatic N) is 1. The topological polar surface area (TPSA) is 213 Å². The Hall–Kier alpha value is -2.52. The van der Waals surface area contributed by atoms with Gasteiger partial charge in [0.2, 0.25) is 0 Å². The Labute approximate surface area is 223 Å². The van der Waals surface area contributed by atoms with E-state index in [1.165, 1.54) is 32.2 Å². The Balaban J connectivity index is 1.72. The third kappa shape index (κ3) is 3.38. The molecule has 2 saturated carbocycles. The number of aliphatic hydroxyl groups is 6. The monoisotopic (exact) mass is 551 g/mol. The average molecular weight is 552 g/mol. The van der Waals surface area contributed by atoms with E-state index in [1.54, 1.807) is 0 Å². The first-order valence-electron chi connectivity index (χ1n) is 12.8. The van der Waals surface area contributed by atoms with Crippen LogP contribution in [-0.4, -0.2) is 114 Å². The van der Waals surface area contributed by atoms with E-state index in [9.17, 15) is 45.0 Å². The summed E-state index contributed by atoms with van der Waals surface area (Å²) in [6, 6.07) is 3.00. The lowest BCUT2D eigenvalue weighted by molar-refractivity contribution is -0.375. The first kappa shape index (κ1) is 28.0. The van der Waals surface area contributed by atoms with Crippen LogP contribution in [0.2, 0.25) is 0 Å². The first-order valence-corrected chi connectivity index (χ1v) is 12.8. The van der Waals surface area contributed by atoms with Crippen LogP contribution in [0.3, 0.4) is 0 Å². The fourth-order valence-electron chi connectivity index (χ4n) is 7.21. The van der Waals surface area contributed by atoms with E-state index >= 15 is 0 Å². The van der Waals surface area contributed by atoms with Crippen LogP contribution in [0, 0.1) is 17.3 Å². The highest BCUT2D eigenvalue weighted by Crippen LogP contribution is 2.66. The van der Waals surface area contributed by atoms with Crippen molar-refractivity contribution in [3.05, 3.63) is 29.6 Å². The number of esters is 2. The number of aromatic nitrogens is 1. The molecular weight excluding hydrogens is 518 g/mol. The van der Waals surface area contributed by atoms with Crippen LogP contribution in [0.1, 0.15) is 43.2 Å². The summed E-state index contributed by atoms with van der Waals surface area (Å²) in [6.07, 6.45) is -8.67. The number of ether oxygens (including phenoxy) is 3. The van der Waals surface area contributed by atoms with Gasteiger partial charge in [-0.25, -0.2) is 4.79 Å². The van der Waals surface area contributed by atoms with Gasteiger partial charge in [-0.1, -0.05) is 6.92 Å². The third-order valence-corrected chi connectivity index (χ3v) is 9.33. The summed E-state index contributed by atoms with van der Waals surface area (Å²) in [5.41, 5.74) is -9.16. The van der Waals surface area contributed by atoms with Crippen LogP contribution in [0.4, 0.5) is 0 Å². The molecule has 13 nitrogen and oxygen atoms in total. The Morgan fingerprint density at radius 1 is 1.10 bits per heavy atom. The molecule has 2 aliphatic carbocycles. The number of hydrogen-bond acceptors (Lipinski definition) is 13. The number of fused-ring (bicyclic) bond motifs is 5. The summed E-state index contributed by atoms with van der Waals surface area (Å²) in [6.45, 7) is 2.05. The molecule has 0 radical (unpaired) electrons. The van der Waals surface area contributed by atoms with Gasteiger partial charge in [0, 0.05) is 6.20 Å². The van der Waals surface area contributed by atoms with Crippen molar-refractivity contribution in [2.75, 3.05) is 13.2 Å². The van der Waals surface area contributed by atoms with E-state index in [0.29, 0.717) is 5.69 Å². The number of ketones is 1. The Morgan fingerprint density at radius 3 is 2.46 bits per heavy atom. The van der Waals surface area contributed by atoms with Crippen molar-refractivity contribution in [2.24, 2.45) is 17.3 Å². The number of hydrogen-bond donors (Lipinski definition) is 6. The number of aryl methyl sites for hydroxylation is 1. The number of pyridine rings is 1. The Kier molecular flexibility index (Phi) is 6.46. The first-order chi connectivity index (χ1) is 18.2. The summed E-state index contributed by atoms with van der Waals surface area (Å²) >= 11 is 0. The molecule has 1 aromatic heterocycles. The molecule has 1 unspecified atom stereocenters. The molecule has 3 heterocycles. The lowest BCUT2D eigenvalue weighted by atomic mass is 9.45. The van der Waals surface area contributed by atoms with E-state index in [-0.39, 0.29) is 18.4 Å². The van der Waals surface area contributed by atoms with Gasteiger partial charge in [0.05, 0.1) is 47.3 Å². The largest absolute Gasteiger partial charge is 0.459 e. The molecule has 13 heteroatoms. The molecule has 1 aromatic rings. The second-order valence-corrected chi connectivity index (χ2v) is 11.5. The zero-order valence-electron chi connectivity index (χ0n) is 21.7. The molecule has 4 aliphatic rings. The number of carbonyl (C=O) groups is 3. The lowest BCUT2D eigenvalue weighted by Crippen LogP contribution is -2.87. The summed E-state index contributed by atoms with van der Waals surface area (Å²) in [5.74, 6) is -5.21. The number of rotatable bonds is 1. The quantitative estimate of drug-likeness (QED) is 0.202. The molecule has 0 amide bonds. The van der Waals surface area contributed by atoms with Gasteiger partial charge in [0.25, 0.3) is 0 Å². The third-order valence-electron chi connectivity index (χ3n) is 9.33. The van der Waals surface area contributed by atoms with Crippen LogP contribution < -0.4 is 0 Å². The van der Waals surface area contributed by atoms with Gasteiger partial charge in [-0.05, 0) is 38.8 Å². The van der Waals surface area contributed by atoms with Crippen molar-refractivity contribution in [3.8, 4) is 0 Å². The Morgan fingerprint density at radius 2 is 1.79 bits per heavy atom. The highest BCUT2D eigenvalue weighted by Gasteiger charge is 2.87. The van der Waals surface area contributed by atoms with Gasteiger partial charge in [-0.2, -0.15) is 0 Å². The minimum absolute atomic E-state index is 0.101. The maximum atomic E-state index is 13.5. The molecule has 2 aliphatic heterocycles. The highest BCUT2D eigenvalue weighted by molar-refractivity contribution is 5.92. The van der Waals surface area contributed by atoms with Crippen LogP contribution in [0.5, 0.6) is 0 Å². The van der Waals surface area contributed by atoms with Crippen molar-refractivity contribution < 1.29 is 59.2 Å². The molecule has 0 aromatic carbocycles. The number of cyclic esters (lactones) is 1. The van der Waals surface area contributed by atoms with E-state index in [1.807, 2.05) is 0 Å². The van der Waals surface area contributed by atoms with Crippen LogP contribution >= 0.6 is 0 Å². The minimum atomic E-state index is -2.59. The number of carbonyl (C=O) groups excluding carboxylic acids is 3. The molecular formula is C26H33NO12. The van der Waals surface area contributed by atoms with E-state index < -0.39 is 95.5 Å². The zero-order valence-corrected chi connectivity index (χ0v) is 21.7. The smallest absolute Gasteiger partial charge is 0.340 e. The normalized spacial score (nSPS) is 48.0. The lowest BCUT2D eigenvalue weighted by Gasteiger charge is -2.65. The van der Waals surface area contributed by atoms with E-state index in [4.69, 9.17) is 14.2 Å².